The van der Waals surface area contributed by atoms with E-state index in [1.54, 1.807) is 6.07 Å². The molecule has 1 heterocycles. The van der Waals surface area contributed by atoms with E-state index >= 15 is 0 Å². The second-order valence-corrected chi connectivity index (χ2v) is 2.70. The van der Waals surface area contributed by atoms with Crippen molar-refractivity contribution in [2.75, 3.05) is 0 Å². The monoisotopic (exact) mass is 158 g/mol. The van der Waals surface area contributed by atoms with E-state index in [1.807, 2.05) is 20.0 Å². The lowest BCUT2D eigenvalue weighted by Crippen LogP contribution is -2.13. The van der Waals surface area contributed by atoms with Crippen LogP contribution in [0.4, 0.5) is 0 Å². The van der Waals surface area contributed by atoms with E-state index in [4.69, 9.17) is 0 Å². The van der Waals surface area contributed by atoms with Gasteiger partial charge in [-0.3, -0.25) is 4.79 Å². The molecule has 0 aliphatic heterocycles. The fourth-order valence-electron chi connectivity index (χ4n) is 1.25. The van der Waals surface area contributed by atoms with Gasteiger partial charge in [0.1, 0.15) is 7.85 Å². The molecule has 0 bridgehead atoms. The Bertz CT molecular complexity index is 478. The molecule has 0 unspecified atom stereocenters. The number of nitrogens with zero attached hydrogens (tertiary/aromatic N) is 1. The van der Waals surface area contributed by atoms with Gasteiger partial charge >= 0.3 is 0 Å². The summed E-state index contributed by atoms with van der Waals surface area (Å²) in [7, 11) is 1.94. The summed E-state index contributed by atoms with van der Waals surface area (Å²) in [6.45, 7) is 0. The van der Waals surface area contributed by atoms with Crippen molar-refractivity contribution in [3.05, 3.63) is 34.9 Å². The molecule has 0 radical (unpaired) electrons. The highest BCUT2D eigenvalue weighted by Crippen LogP contribution is 1.99. The number of aromatic amines is 1. The number of hydrogen-bond donors (Lipinski definition) is 1. The lowest BCUT2D eigenvalue weighted by molar-refractivity contribution is 1.17. The Morgan fingerprint density at radius 1 is 1.42 bits per heavy atom. The van der Waals surface area contributed by atoms with Gasteiger partial charge in [-0.15, -0.1) is 0 Å². The van der Waals surface area contributed by atoms with Crippen LogP contribution in [0.1, 0.15) is 0 Å². The van der Waals surface area contributed by atoms with Crippen molar-refractivity contribution in [2.45, 2.75) is 0 Å². The van der Waals surface area contributed by atoms with E-state index < -0.39 is 0 Å². The maximum absolute atomic E-state index is 11.2. The Balaban J connectivity index is 3.05. The van der Waals surface area contributed by atoms with E-state index in [0.29, 0.717) is 5.39 Å². The van der Waals surface area contributed by atoms with Gasteiger partial charge in [0.05, 0.1) is 17.2 Å². The van der Waals surface area contributed by atoms with E-state index in [-0.39, 0.29) is 5.56 Å². The maximum Gasteiger partial charge on any atom is 0.258 e. The molecular weight excluding hydrogens is 151 g/mol. The minimum Gasteiger partial charge on any atom is -0.313 e. The second-order valence-electron chi connectivity index (χ2n) is 2.70. The summed E-state index contributed by atoms with van der Waals surface area (Å²) in [6, 6.07) is 5.57. The minimum atomic E-state index is -0.0799. The Morgan fingerprint density at radius 2 is 2.25 bits per heavy atom. The average Bonchev–Trinajstić information content (AvgIpc) is 2.07. The number of nitrogens with one attached hydrogen (secondary N) is 1. The van der Waals surface area contributed by atoms with Crippen molar-refractivity contribution in [1.82, 2.24) is 9.97 Å². The summed E-state index contributed by atoms with van der Waals surface area (Å²) in [5.74, 6) is 0. The zero-order valence-corrected chi connectivity index (χ0v) is 6.66. The second kappa shape index (κ2) is 2.48. The predicted octanol–water partition coefficient (Wildman–Crippen LogP) is -0.819. The first-order valence-electron chi connectivity index (χ1n) is 3.72. The van der Waals surface area contributed by atoms with Gasteiger partial charge in [-0.2, -0.15) is 0 Å². The van der Waals surface area contributed by atoms with Gasteiger partial charge in [-0.25, -0.2) is 4.98 Å². The van der Waals surface area contributed by atoms with Gasteiger partial charge in [0.15, 0.2) is 0 Å². The van der Waals surface area contributed by atoms with Crippen LogP contribution >= 0.6 is 0 Å². The number of H-pyrrole nitrogens is 1. The summed E-state index contributed by atoms with van der Waals surface area (Å²) < 4.78 is 0. The summed E-state index contributed by atoms with van der Waals surface area (Å²) in [6.07, 6.45) is 1.43. The Hall–Kier alpha value is -1.58. The molecule has 0 aliphatic rings. The Morgan fingerprint density at radius 3 is 3.00 bits per heavy atom. The Kier molecular flexibility index (Phi) is 1.47. The molecule has 0 aliphatic carbocycles. The number of benzene rings is 1. The van der Waals surface area contributed by atoms with Crippen molar-refractivity contribution in [3.63, 3.8) is 0 Å². The number of fused-ring (bicyclic) bond motifs is 1. The molecular formula is C8H7BN2O. The zero-order valence-electron chi connectivity index (χ0n) is 6.66. The first-order chi connectivity index (χ1) is 5.79. The highest BCUT2D eigenvalue weighted by Gasteiger charge is 1.99. The highest BCUT2D eigenvalue weighted by atomic mass is 16.1. The van der Waals surface area contributed by atoms with Crippen LogP contribution in [0.25, 0.3) is 10.9 Å². The van der Waals surface area contributed by atoms with Crippen molar-refractivity contribution >= 4 is 24.2 Å². The standard InChI is InChI=1S/C8H7BN2O/c9-6-3-1-2-5-7(6)10-4-11-8(5)12/h1-4H,9H2,(H,10,11,12). The number of hydrogen-bond acceptors (Lipinski definition) is 2. The first-order valence-corrected chi connectivity index (χ1v) is 3.72. The van der Waals surface area contributed by atoms with E-state index in [0.717, 1.165) is 11.0 Å². The molecule has 1 aromatic heterocycles. The fraction of sp³-hybridized carbons (Fsp3) is 0. The van der Waals surface area contributed by atoms with Crippen LogP contribution in [0.2, 0.25) is 0 Å². The van der Waals surface area contributed by atoms with Crippen molar-refractivity contribution in [3.8, 4) is 0 Å². The van der Waals surface area contributed by atoms with Gasteiger partial charge in [-0.1, -0.05) is 17.6 Å². The SMILES string of the molecule is Bc1cccc2c(=O)[nH]cnc12. The van der Waals surface area contributed by atoms with Gasteiger partial charge < -0.3 is 4.98 Å². The third-order valence-corrected chi connectivity index (χ3v) is 1.87. The minimum absolute atomic E-state index is 0.0799. The molecule has 58 valence electrons. The molecule has 0 fully saturated rings. The number of para-hydroxylation sites is 1. The van der Waals surface area contributed by atoms with Crippen molar-refractivity contribution in [2.24, 2.45) is 0 Å². The molecule has 0 amide bonds. The molecule has 0 saturated carbocycles. The molecule has 3 nitrogen and oxygen atoms in total. The van der Waals surface area contributed by atoms with Crippen LogP contribution in [0.15, 0.2) is 29.3 Å². The topological polar surface area (TPSA) is 45.8 Å². The van der Waals surface area contributed by atoms with E-state index in [9.17, 15) is 4.79 Å². The quantitative estimate of drug-likeness (QED) is 0.509. The summed E-state index contributed by atoms with van der Waals surface area (Å²) in [5, 5.41) is 0.650. The van der Waals surface area contributed by atoms with Crippen LogP contribution in [0, 0.1) is 0 Å². The molecule has 1 aromatic carbocycles. The number of aromatic nitrogens is 2. The maximum atomic E-state index is 11.2. The van der Waals surface area contributed by atoms with Crippen LogP contribution in [0.5, 0.6) is 0 Å². The van der Waals surface area contributed by atoms with Gasteiger partial charge in [0.2, 0.25) is 0 Å². The zero-order chi connectivity index (χ0) is 8.55. The first kappa shape index (κ1) is 7.09. The summed E-state index contributed by atoms with van der Waals surface area (Å²) in [4.78, 5) is 17.9. The smallest absolute Gasteiger partial charge is 0.258 e. The molecule has 0 spiro atoms. The predicted molar refractivity (Wildman–Crippen MR) is 50.5 cm³/mol. The lowest BCUT2D eigenvalue weighted by Gasteiger charge is -1.97. The largest absolute Gasteiger partial charge is 0.313 e. The molecule has 2 aromatic rings. The highest BCUT2D eigenvalue weighted by molar-refractivity contribution is 6.38. The van der Waals surface area contributed by atoms with Crippen LogP contribution in [0.3, 0.4) is 0 Å². The molecule has 4 heteroatoms. The van der Waals surface area contributed by atoms with Crippen LogP contribution in [-0.2, 0) is 0 Å². The van der Waals surface area contributed by atoms with Crippen LogP contribution in [-0.4, -0.2) is 17.8 Å². The van der Waals surface area contributed by atoms with Crippen LogP contribution < -0.4 is 11.0 Å². The van der Waals surface area contributed by atoms with Gasteiger partial charge in [0, 0.05) is 0 Å². The number of rotatable bonds is 0. The summed E-state index contributed by atoms with van der Waals surface area (Å²) in [5.41, 5.74) is 1.73. The van der Waals surface area contributed by atoms with Crippen molar-refractivity contribution in [1.29, 1.82) is 0 Å². The fourth-order valence-corrected chi connectivity index (χ4v) is 1.25. The Labute approximate surface area is 69.9 Å². The average molecular weight is 158 g/mol. The van der Waals surface area contributed by atoms with E-state index in [1.165, 1.54) is 6.33 Å². The summed E-state index contributed by atoms with van der Waals surface area (Å²) >= 11 is 0. The lowest BCUT2D eigenvalue weighted by atomic mass is 9.94. The van der Waals surface area contributed by atoms with E-state index in [2.05, 4.69) is 9.97 Å². The molecule has 1 N–H and O–H groups in total. The molecule has 2 rings (SSSR count). The van der Waals surface area contributed by atoms with Gasteiger partial charge in [0.25, 0.3) is 5.56 Å². The molecule has 0 saturated heterocycles. The third-order valence-electron chi connectivity index (χ3n) is 1.87. The molecule has 12 heavy (non-hydrogen) atoms. The van der Waals surface area contributed by atoms with Gasteiger partial charge in [-0.05, 0) is 6.07 Å². The van der Waals surface area contributed by atoms with Crippen molar-refractivity contribution < 1.29 is 0 Å². The molecule has 0 atom stereocenters. The third kappa shape index (κ3) is 0.924. The normalized spacial score (nSPS) is 10.3.